The summed E-state index contributed by atoms with van der Waals surface area (Å²) in [5.41, 5.74) is 2.97. The van der Waals surface area contributed by atoms with Gasteiger partial charge in [-0.2, -0.15) is 8.78 Å². The van der Waals surface area contributed by atoms with E-state index in [2.05, 4.69) is 25.2 Å². The topological polar surface area (TPSA) is 95.5 Å². The van der Waals surface area contributed by atoms with Gasteiger partial charge in [0.25, 0.3) is 5.91 Å². The Bertz CT molecular complexity index is 1020. The Morgan fingerprint density at radius 3 is 2.70 bits per heavy atom. The molecule has 0 saturated heterocycles. The summed E-state index contributed by atoms with van der Waals surface area (Å²) in [4.78, 5) is 29.1. The van der Waals surface area contributed by atoms with Gasteiger partial charge in [-0.25, -0.2) is 19.8 Å². The molecule has 11 heteroatoms. The molecule has 0 saturated carbocycles. The van der Waals surface area contributed by atoms with E-state index in [1.54, 1.807) is 0 Å². The Hall–Kier alpha value is -3.73. The first-order valence-electron chi connectivity index (χ1n) is 8.44. The van der Waals surface area contributed by atoms with E-state index in [0.29, 0.717) is 11.3 Å². The lowest BCUT2D eigenvalue weighted by molar-refractivity contribution is -0.0528. The molecule has 0 aliphatic carbocycles. The maximum atomic E-state index is 13.8. The van der Waals surface area contributed by atoms with E-state index < -0.39 is 18.3 Å². The van der Waals surface area contributed by atoms with Crippen molar-refractivity contribution in [2.24, 2.45) is 0 Å². The van der Waals surface area contributed by atoms with E-state index in [4.69, 9.17) is 9.57 Å². The van der Waals surface area contributed by atoms with E-state index in [0.717, 1.165) is 0 Å². The van der Waals surface area contributed by atoms with Crippen molar-refractivity contribution in [1.29, 1.82) is 0 Å². The summed E-state index contributed by atoms with van der Waals surface area (Å²) in [6, 6.07) is 6.80. The number of methoxy groups -OCH3 is 1. The number of amides is 1. The van der Waals surface area contributed by atoms with Crippen LogP contribution in [0.15, 0.2) is 48.9 Å². The predicted molar refractivity (Wildman–Crippen MR) is 97.1 cm³/mol. The van der Waals surface area contributed by atoms with Gasteiger partial charge in [-0.1, -0.05) is 0 Å². The van der Waals surface area contributed by atoms with E-state index in [1.807, 2.05) is 0 Å². The van der Waals surface area contributed by atoms with E-state index in [9.17, 15) is 18.0 Å². The standard InChI is InChI=1S/C19H15F3N4O4/c1-28-13-3-4-14(20)12(6-13)10-29-26-18(27)16-9-23-8-15(25-16)11-2-5-17(24-7-11)30-19(21)22/h2-9,19H,10H2,1H3,(H,26,27). The first-order chi connectivity index (χ1) is 14.5. The fourth-order valence-electron chi connectivity index (χ4n) is 2.33. The fraction of sp³-hybridized carbons (Fsp3) is 0.158. The molecule has 0 atom stereocenters. The zero-order chi connectivity index (χ0) is 21.5. The van der Waals surface area contributed by atoms with Crippen molar-refractivity contribution in [3.63, 3.8) is 0 Å². The summed E-state index contributed by atoms with van der Waals surface area (Å²) >= 11 is 0. The van der Waals surface area contributed by atoms with Crippen LogP contribution in [0.5, 0.6) is 11.6 Å². The van der Waals surface area contributed by atoms with Gasteiger partial charge in [0.2, 0.25) is 5.88 Å². The van der Waals surface area contributed by atoms with E-state index in [1.165, 1.54) is 56.0 Å². The minimum atomic E-state index is -2.99. The molecule has 30 heavy (non-hydrogen) atoms. The lowest BCUT2D eigenvalue weighted by Crippen LogP contribution is -2.25. The second-order valence-corrected chi connectivity index (χ2v) is 5.73. The van der Waals surface area contributed by atoms with Gasteiger partial charge in [0.15, 0.2) is 0 Å². The Morgan fingerprint density at radius 1 is 1.17 bits per heavy atom. The Morgan fingerprint density at radius 2 is 2.00 bits per heavy atom. The van der Waals surface area contributed by atoms with Crippen molar-refractivity contribution < 1.29 is 32.3 Å². The molecular formula is C19H15F3N4O4. The van der Waals surface area contributed by atoms with E-state index >= 15 is 0 Å². The van der Waals surface area contributed by atoms with Crippen molar-refractivity contribution in [3.05, 3.63) is 66.0 Å². The number of hydrogen-bond acceptors (Lipinski definition) is 7. The second kappa shape index (κ2) is 9.65. The summed E-state index contributed by atoms with van der Waals surface area (Å²) in [6.45, 7) is -3.22. The number of carbonyl (C=O) groups excluding carboxylic acids is 1. The third-order valence-electron chi connectivity index (χ3n) is 3.75. The van der Waals surface area contributed by atoms with Crippen molar-refractivity contribution >= 4 is 5.91 Å². The first kappa shape index (κ1) is 21.0. The van der Waals surface area contributed by atoms with Gasteiger partial charge in [0.1, 0.15) is 23.9 Å². The number of hydrogen-bond donors (Lipinski definition) is 1. The zero-order valence-electron chi connectivity index (χ0n) is 15.5. The molecule has 8 nitrogen and oxygen atoms in total. The van der Waals surface area contributed by atoms with Crippen LogP contribution in [-0.4, -0.2) is 34.6 Å². The first-order valence-corrected chi connectivity index (χ1v) is 8.44. The van der Waals surface area contributed by atoms with Crippen molar-refractivity contribution in [1.82, 2.24) is 20.4 Å². The maximum absolute atomic E-state index is 13.8. The van der Waals surface area contributed by atoms with E-state index in [-0.39, 0.29) is 29.4 Å². The third kappa shape index (κ3) is 5.41. The van der Waals surface area contributed by atoms with Crippen LogP contribution in [0.25, 0.3) is 11.3 Å². The molecule has 0 aliphatic rings. The number of benzene rings is 1. The molecule has 1 N–H and O–H groups in total. The summed E-state index contributed by atoms with van der Waals surface area (Å²) in [5.74, 6) is -1.04. The van der Waals surface area contributed by atoms with Crippen molar-refractivity contribution in [2.45, 2.75) is 13.2 Å². The number of rotatable bonds is 8. The number of halogens is 3. The van der Waals surface area contributed by atoms with Crippen molar-refractivity contribution in [3.8, 4) is 22.9 Å². The Kier molecular flexibility index (Phi) is 6.75. The van der Waals surface area contributed by atoms with Gasteiger partial charge >= 0.3 is 6.61 Å². The van der Waals surface area contributed by atoms with Gasteiger partial charge in [-0.05, 0) is 24.3 Å². The number of nitrogens with zero attached hydrogens (tertiary/aromatic N) is 3. The Balaban J connectivity index is 1.63. The molecule has 1 aromatic carbocycles. The summed E-state index contributed by atoms with van der Waals surface area (Å²) < 4.78 is 47.3. The summed E-state index contributed by atoms with van der Waals surface area (Å²) in [6.07, 6.45) is 3.83. The SMILES string of the molecule is COc1ccc(F)c(CONC(=O)c2cncc(-c3ccc(OC(F)F)nc3)n2)c1. The quantitative estimate of drug-likeness (QED) is 0.560. The molecule has 0 fully saturated rings. The molecule has 0 spiro atoms. The molecule has 0 unspecified atom stereocenters. The number of pyridine rings is 1. The minimum Gasteiger partial charge on any atom is -0.497 e. The molecule has 3 rings (SSSR count). The number of aromatic nitrogens is 3. The van der Waals surface area contributed by atoms with Crippen LogP contribution in [0.4, 0.5) is 13.2 Å². The van der Waals surface area contributed by atoms with Crippen LogP contribution in [-0.2, 0) is 11.4 Å². The number of nitrogens with one attached hydrogen (secondary N) is 1. The van der Waals surface area contributed by atoms with Gasteiger partial charge in [0, 0.05) is 23.4 Å². The largest absolute Gasteiger partial charge is 0.497 e. The molecule has 2 aromatic heterocycles. The van der Waals surface area contributed by atoms with Crippen molar-refractivity contribution in [2.75, 3.05) is 7.11 Å². The molecule has 0 aliphatic heterocycles. The molecule has 0 radical (unpaired) electrons. The van der Waals surface area contributed by atoms with Gasteiger partial charge in [0.05, 0.1) is 25.2 Å². The Labute approximate surface area is 168 Å². The van der Waals surface area contributed by atoms with Crippen LogP contribution in [0.2, 0.25) is 0 Å². The smallest absolute Gasteiger partial charge is 0.388 e. The van der Waals surface area contributed by atoms with Gasteiger partial charge in [-0.15, -0.1) is 0 Å². The predicted octanol–water partition coefficient (Wildman–Crippen LogP) is 3.15. The second-order valence-electron chi connectivity index (χ2n) is 5.73. The average Bonchev–Trinajstić information content (AvgIpc) is 2.75. The van der Waals surface area contributed by atoms with Gasteiger partial charge in [-0.3, -0.25) is 14.6 Å². The van der Waals surface area contributed by atoms with Gasteiger partial charge < -0.3 is 9.47 Å². The summed E-state index contributed by atoms with van der Waals surface area (Å²) in [7, 11) is 1.44. The number of alkyl halides is 2. The number of carbonyl (C=O) groups is 1. The highest BCUT2D eigenvalue weighted by molar-refractivity contribution is 5.91. The lowest BCUT2D eigenvalue weighted by Gasteiger charge is -2.09. The molecular weight excluding hydrogens is 405 g/mol. The average molecular weight is 420 g/mol. The highest BCUT2D eigenvalue weighted by Crippen LogP contribution is 2.19. The van der Waals surface area contributed by atoms with Crippen LogP contribution in [0.1, 0.15) is 16.1 Å². The number of hydroxylamine groups is 1. The maximum Gasteiger partial charge on any atom is 0.388 e. The highest BCUT2D eigenvalue weighted by atomic mass is 19.3. The normalized spacial score (nSPS) is 10.7. The third-order valence-corrected chi connectivity index (χ3v) is 3.75. The van der Waals surface area contributed by atoms with Crippen LogP contribution in [0.3, 0.4) is 0 Å². The molecule has 1 amide bonds. The number of ether oxygens (including phenoxy) is 2. The molecule has 2 heterocycles. The molecule has 156 valence electrons. The molecule has 3 aromatic rings. The van der Waals surface area contributed by atoms with Crippen LogP contribution in [0, 0.1) is 5.82 Å². The fourth-order valence-corrected chi connectivity index (χ4v) is 2.33. The zero-order valence-corrected chi connectivity index (χ0v) is 15.5. The lowest BCUT2D eigenvalue weighted by atomic mass is 10.2. The molecule has 0 bridgehead atoms. The monoisotopic (exact) mass is 420 g/mol. The highest BCUT2D eigenvalue weighted by Gasteiger charge is 2.12. The summed E-state index contributed by atoms with van der Waals surface area (Å²) in [5, 5.41) is 0. The minimum absolute atomic E-state index is 0.0773. The van der Waals surface area contributed by atoms with Crippen LogP contribution >= 0.6 is 0 Å². The van der Waals surface area contributed by atoms with Crippen LogP contribution < -0.4 is 15.0 Å².